The molecule has 0 aliphatic heterocycles. The lowest BCUT2D eigenvalue weighted by Gasteiger charge is -2.09. The highest BCUT2D eigenvalue weighted by molar-refractivity contribution is 5.92. The first-order chi connectivity index (χ1) is 10.1. The summed E-state index contributed by atoms with van der Waals surface area (Å²) in [6, 6.07) is 11.8. The van der Waals surface area contributed by atoms with E-state index in [9.17, 15) is 4.79 Å². The number of amides is 1. The fraction of sp³-hybridized carbons (Fsp3) is 0.294. The Morgan fingerprint density at radius 3 is 2.57 bits per heavy atom. The number of hydrogen-bond donors (Lipinski definition) is 2. The van der Waals surface area contributed by atoms with Gasteiger partial charge in [0.1, 0.15) is 0 Å². The first kappa shape index (κ1) is 15.2. The smallest absolute Gasteiger partial charge is 0.238 e. The summed E-state index contributed by atoms with van der Waals surface area (Å²) in [5, 5.41) is 5.98. The lowest BCUT2D eigenvalue weighted by atomic mass is 10.0. The van der Waals surface area contributed by atoms with Crippen molar-refractivity contribution in [1.82, 2.24) is 10.3 Å². The first-order valence-electron chi connectivity index (χ1n) is 7.14. The molecule has 0 bridgehead atoms. The maximum atomic E-state index is 11.8. The molecule has 1 aromatic heterocycles. The molecule has 4 nitrogen and oxygen atoms in total. The zero-order valence-electron chi connectivity index (χ0n) is 12.5. The zero-order chi connectivity index (χ0) is 15.1. The fourth-order valence-corrected chi connectivity index (χ4v) is 1.98. The third-order valence-electron chi connectivity index (χ3n) is 3.20. The molecule has 110 valence electrons. The lowest BCUT2D eigenvalue weighted by molar-refractivity contribution is -0.115. The van der Waals surface area contributed by atoms with Crippen molar-refractivity contribution < 1.29 is 4.79 Å². The highest BCUT2D eigenvalue weighted by atomic mass is 16.1. The molecular weight excluding hydrogens is 262 g/mol. The van der Waals surface area contributed by atoms with Crippen LogP contribution in [-0.4, -0.2) is 17.4 Å². The number of benzene rings is 1. The predicted molar refractivity (Wildman–Crippen MR) is 85.1 cm³/mol. The van der Waals surface area contributed by atoms with Crippen LogP contribution in [0.25, 0.3) is 0 Å². The van der Waals surface area contributed by atoms with Crippen molar-refractivity contribution in [3.05, 3.63) is 59.9 Å². The number of nitrogens with zero attached hydrogens (tertiary/aromatic N) is 1. The average Bonchev–Trinajstić information content (AvgIpc) is 2.49. The number of pyridine rings is 1. The molecule has 2 rings (SSSR count). The normalized spacial score (nSPS) is 10.6. The quantitative estimate of drug-likeness (QED) is 0.857. The van der Waals surface area contributed by atoms with Gasteiger partial charge in [-0.3, -0.25) is 9.78 Å². The number of hydrogen-bond acceptors (Lipinski definition) is 3. The minimum absolute atomic E-state index is 0.0452. The third-order valence-corrected chi connectivity index (χ3v) is 3.20. The molecule has 2 N–H and O–H groups in total. The van der Waals surface area contributed by atoms with Crippen LogP contribution in [0.3, 0.4) is 0 Å². The van der Waals surface area contributed by atoms with Crippen LogP contribution in [0.1, 0.15) is 30.9 Å². The van der Waals surface area contributed by atoms with E-state index in [0.717, 1.165) is 11.3 Å². The van der Waals surface area contributed by atoms with Gasteiger partial charge in [0.25, 0.3) is 0 Å². The van der Waals surface area contributed by atoms with E-state index < -0.39 is 0 Å². The standard InChI is InChI=1S/C17H21N3O/c1-13(2)15-5-7-16(8-6-15)20-17(21)12-19-11-14-4-3-9-18-10-14/h3-10,13,19H,11-12H2,1-2H3,(H,20,21). The van der Waals surface area contributed by atoms with Gasteiger partial charge < -0.3 is 10.6 Å². The van der Waals surface area contributed by atoms with E-state index in [1.54, 1.807) is 12.4 Å². The molecule has 0 saturated heterocycles. The monoisotopic (exact) mass is 283 g/mol. The molecule has 0 aliphatic carbocycles. The fourth-order valence-electron chi connectivity index (χ4n) is 1.98. The molecule has 0 unspecified atom stereocenters. The first-order valence-corrected chi connectivity index (χ1v) is 7.14. The van der Waals surface area contributed by atoms with E-state index in [0.29, 0.717) is 12.5 Å². The summed E-state index contributed by atoms with van der Waals surface area (Å²) in [7, 11) is 0. The van der Waals surface area contributed by atoms with Crippen LogP contribution < -0.4 is 10.6 Å². The van der Waals surface area contributed by atoms with E-state index in [4.69, 9.17) is 0 Å². The minimum Gasteiger partial charge on any atom is -0.325 e. The Morgan fingerprint density at radius 2 is 1.95 bits per heavy atom. The van der Waals surface area contributed by atoms with Crippen molar-refractivity contribution in [3.63, 3.8) is 0 Å². The minimum atomic E-state index is -0.0452. The Hall–Kier alpha value is -2.20. The number of carbonyl (C=O) groups is 1. The Labute approximate surface area is 125 Å². The van der Waals surface area contributed by atoms with Gasteiger partial charge in [-0.05, 0) is 35.2 Å². The van der Waals surface area contributed by atoms with Gasteiger partial charge >= 0.3 is 0 Å². The van der Waals surface area contributed by atoms with Crippen molar-refractivity contribution >= 4 is 11.6 Å². The van der Waals surface area contributed by atoms with E-state index in [2.05, 4.69) is 29.5 Å². The molecule has 0 fully saturated rings. The molecule has 0 radical (unpaired) electrons. The highest BCUT2D eigenvalue weighted by Crippen LogP contribution is 2.16. The SMILES string of the molecule is CC(C)c1ccc(NC(=O)CNCc2cccnc2)cc1. The second-order valence-electron chi connectivity index (χ2n) is 5.29. The van der Waals surface area contributed by atoms with Gasteiger partial charge in [-0.1, -0.05) is 32.0 Å². The van der Waals surface area contributed by atoms with E-state index in [1.165, 1.54) is 5.56 Å². The summed E-state index contributed by atoms with van der Waals surface area (Å²) in [6.07, 6.45) is 3.52. The Balaban J connectivity index is 1.76. The van der Waals surface area contributed by atoms with Crippen LogP contribution in [-0.2, 0) is 11.3 Å². The van der Waals surface area contributed by atoms with Crippen molar-refractivity contribution in [2.24, 2.45) is 0 Å². The molecule has 1 heterocycles. The topological polar surface area (TPSA) is 54.0 Å². The van der Waals surface area contributed by atoms with Crippen LogP contribution in [0.15, 0.2) is 48.8 Å². The predicted octanol–water partition coefficient (Wildman–Crippen LogP) is 2.93. The molecule has 4 heteroatoms. The number of rotatable bonds is 6. The summed E-state index contributed by atoms with van der Waals surface area (Å²) >= 11 is 0. The zero-order valence-corrected chi connectivity index (χ0v) is 12.5. The van der Waals surface area contributed by atoms with Gasteiger partial charge in [0.2, 0.25) is 5.91 Å². The molecule has 0 spiro atoms. The van der Waals surface area contributed by atoms with Gasteiger partial charge in [-0.15, -0.1) is 0 Å². The lowest BCUT2D eigenvalue weighted by Crippen LogP contribution is -2.27. The number of carbonyl (C=O) groups excluding carboxylic acids is 1. The van der Waals surface area contributed by atoms with Gasteiger partial charge in [0.05, 0.1) is 6.54 Å². The van der Waals surface area contributed by atoms with Crippen LogP contribution in [0.4, 0.5) is 5.69 Å². The van der Waals surface area contributed by atoms with Crippen LogP contribution in [0, 0.1) is 0 Å². The molecule has 1 amide bonds. The molecule has 1 aromatic carbocycles. The molecule has 0 atom stereocenters. The summed E-state index contributed by atoms with van der Waals surface area (Å²) in [5.74, 6) is 0.451. The maximum absolute atomic E-state index is 11.8. The van der Waals surface area contributed by atoms with Gasteiger partial charge in [0.15, 0.2) is 0 Å². The van der Waals surface area contributed by atoms with Crippen LogP contribution >= 0.6 is 0 Å². The van der Waals surface area contributed by atoms with E-state index in [1.807, 2.05) is 36.4 Å². The Bertz CT molecular complexity index is 564. The van der Waals surface area contributed by atoms with E-state index >= 15 is 0 Å². The second-order valence-corrected chi connectivity index (χ2v) is 5.29. The Morgan fingerprint density at radius 1 is 1.19 bits per heavy atom. The van der Waals surface area contributed by atoms with Gasteiger partial charge in [-0.2, -0.15) is 0 Å². The van der Waals surface area contributed by atoms with Crippen molar-refractivity contribution in [3.8, 4) is 0 Å². The number of anilines is 1. The molecule has 0 saturated carbocycles. The third kappa shape index (κ3) is 5.00. The molecular formula is C17H21N3O. The number of aromatic nitrogens is 1. The van der Waals surface area contributed by atoms with E-state index in [-0.39, 0.29) is 12.5 Å². The largest absolute Gasteiger partial charge is 0.325 e. The van der Waals surface area contributed by atoms with Crippen molar-refractivity contribution in [1.29, 1.82) is 0 Å². The van der Waals surface area contributed by atoms with Gasteiger partial charge in [-0.25, -0.2) is 0 Å². The molecule has 0 aliphatic rings. The maximum Gasteiger partial charge on any atom is 0.238 e. The summed E-state index contributed by atoms with van der Waals surface area (Å²) < 4.78 is 0. The van der Waals surface area contributed by atoms with Crippen LogP contribution in [0.5, 0.6) is 0 Å². The van der Waals surface area contributed by atoms with Gasteiger partial charge in [0, 0.05) is 24.6 Å². The van der Waals surface area contributed by atoms with Crippen LogP contribution in [0.2, 0.25) is 0 Å². The molecule has 21 heavy (non-hydrogen) atoms. The summed E-state index contributed by atoms with van der Waals surface area (Å²) in [5.41, 5.74) is 3.15. The summed E-state index contributed by atoms with van der Waals surface area (Å²) in [6.45, 7) is 5.21. The average molecular weight is 283 g/mol. The Kier molecular flexibility index (Phi) is 5.46. The van der Waals surface area contributed by atoms with Crippen molar-refractivity contribution in [2.45, 2.75) is 26.3 Å². The van der Waals surface area contributed by atoms with Crippen molar-refractivity contribution in [2.75, 3.05) is 11.9 Å². The second kappa shape index (κ2) is 7.55. The highest BCUT2D eigenvalue weighted by Gasteiger charge is 2.03. The summed E-state index contributed by atoms with van der Waals surface area (Å²) in [4.78, 5) is 15.9. The number of nitrogens with one attached hydrogen (secondary N) is 2. The molecule has 2 aromatic rings.